The third-order valence-electron chi connectivity index (χ3n) is 5.90. The fraction of sp³-hybridized carbons (Fsp3) is 0.0333. The number of aryl methyl sites for hydroxylation is 1. The lowest BCUT2D eigenvalue weighted by Crippen LogP contribution is -1.91. The van der Waals surface area contributed by atoms with Crippen LogP contribution in [-0.4, -0.2) is 0 Å². The van der Waals surface area contributed by atoms with Crippen molar-refractivity contribution in [3.63, 3.8) is 0 Å². The van der Waals surface area contributed by atoms with Crippen LogP contribution in [0, 0.1) is 81.0 Å². The summed E-state index contributed by atoms with van der Waals surface area (Å²) in [6, 6.07) is 20.2. The molecule has 38 heavy (non-hydrogen) atoms. The van der Waals surface area contributed by atoms with E-state index >= 15 is 0 Å². The molecule has 0 aromatic heterocycles. The lowest BCUT2D eigenvalue weighted by molar-refractivity contribution is 0.623. The fourth-order valence-corrected chi connectivity index (χ4v) is 4.09. The summed E-state index contributed by atoms with van der Waals surface area (Å²) in [4.78, 5) is 0. The molecule has 0 spiro atoms. The Labute approximate surface area is 215 Å². The summed E-state index contributed by atoms with van der Waals surface area (Å²) in [5.41, 5.74) is -0.769. The van der Waals surface area contributed by atoms with E-state index in [9.17, 15) is 29.0 Å². The van der Waals surface area contributed by atoms with Crippen molar-refractivity contribution in [1.82, 2.24) is 0 Å². The van der Waals surface area contributed by atoms with Crippen LogP contribution in [0.5, 0.6) is 0 Å². The third kappa shape index (κ3) is 4.29. The van der Waals surface area contributed by atoms with E-state index in [4.69, 9.17) is 10.5 Å². The summed E-state index contributed by atoms with van der Waals surface area (Å²) in [5, 5.41) is 48.1. The van der Waals surface area contributed by atoms with Gasteiger partial charge in [0.1, 0.15) is 35.7 Å². The molecule has 1 fully saturated rings. The first-order valence-corrected chi connectivity index (χ1v) is 10.9. The summed E-state index contributed by atoms with van der Waals surface area (Å²) in [6.07, 6.45) is 0. The molecule has 0 heterocycles. The number of halogens is 3. The minimum Gasteiger partial charge on any atom is -0.206 e. The van der Waals surface area contributed by atoms with Crippen LogP contribution in [0.15, 0.2) is 71.3 Å². The average molecular weight is 499 g/mol. The highest BCUT2D eigenvalue weighted by molar-refractivity contribution is 6.12. The van der Waals surface area contributed by atoms with E-state index in [1.165, 1.54) is 36.4 Å². The number of rotatable bonds is 3. The SMILES string of the molecule is Cc1ccc(C(C#N)=C2C(=C(C#N)c3ccc(C#N)cc3F)C2=C(C#N)c2ccc(C#N)cc2F)c(F)c1. The van der Waals surface area contributed by atoms with Gasteiger partial charge in [-0.1, -0.05) is 12.1 Å². The van der Waals surface area contributed by atoms with Crippen molar-refractivity contribution in [2.45, 2.75) is 6.92 Å². The average Bonchev–Trinajstić information content (AvgIpc) is 3.62. The van der Waals surface area contributed by atoms with Gasteiger partial charge in [-0.3, -0.25) is 0 Å². The number of benzene rings is 3. The predicted octanol–water partition coefficient (Wildman–Crippen LogP) is 6.40. The van der Waals surface area contributed by atoms with Gasteiger partial charge >= 0.3 is 0 Å². The van der Waals surface area contributed by atoms with Crippen LogP contribution in [0.4, 0.5) is 13.2 Å². The lowest BCUT2D eigenvalue weighted by Gasteiger charge is -2.02. The van der Waals surface area contributed by atoms with E-state index in [1.807, 2.05) is 18.2 Å². The van der Waals surface area contributed by atoms with Gasteiger partial charge in [-0.25, -0.2) is 13.2 Å². The van der Waals surface area contributed by atoms with Gasteiger partial charge in [0.2, 0.25) is 0 Å². The zero-order valence-corrected chi connectivity index (χ0v) is 19.6. The Morgan fingerprint density at radius 1 is 0.526 bits per heavy atom. The molecule has 5 nitrogen and oxygen atoms in total. The van der Waals surface area contributed by atoms with Crippen molar-refractivity contribution >= 4 is 16.7 Å². The molecule has 0 N–H and O–H groups in total. The second kappa shape index (κ2) is 10.0. The van der Waals surface area contributed by atoms with Gasteiger partial charge in [0.25, 0.3) is 0 Å². The Morgan fingerprint density at radius 3 is 1.16 bits per heavy atom. The Morgan fingerprint density at radius 2 is 0.868 bits per heavy atom. The van der Waals surface area contributed by atoms with Gasteiger partial charge in [-0.15, -0.1) is 0 Å². The molecule has 4 rings (SSSR count). The fourth-order valence-electron chi connectivity index (χ4n) is 4.09. The Balaban J connectivity index is 2.14. The van der Waals surface area contributed by atoms with Gasteiger partial charge in [-0.05, 0) is 55.0 Å². The first kappa shape index (κ1) is 25.2. The van der Waals surface area contributed by atoms with E-state index in [2.05, 4.69) is 0 Å². The minimum atomic E-state index is -0.901. The molecule has 1 aliphatic carbocycles. The molecule has 8 heteroatoms. The van der Waals surface area contributed by atoms with Crippen LogP contribution in [0.1, 0.15) is 33.4 Å². The Hall–Kier alpha value is -5.88. The first-order chi connectivity index (χ1) is 18.3. The number of hydrogen-bond donors (Lipinski definition) is 0. The molecule has 0 saturated heterocycles. The van der Waals surface area contributed by atoms with Gasteiger partial charge in [0, 0.05) is 33.4 Å². The molecule has 3 aromatic carbocycles. The summed E-state index contributed by atoms with van der Waals surface area (Å²) >= 11 is 0. The van der Waals surface area contributed by atoms with Crippen molar-refractivity contribution in [1.29, 1.82) is 26.3 Å². The molecule has 1 aliphatic rings. The first-order valence-electron chi connectivity index (χ1n) is 10.9. The molecular weight excluding hydrogens is 487 g/mol. The second-order valence-electron chi connectivity index (χ2n) is 8.18. The molecule has 0 radical (unpaired) electrons. The van der Waals surface area contributed by atoms with Crippen LogP contribution < -0.4 is 0 Å². The number of nitrogens with zero attached hydrogens (tertiary/aromatic N) is 5. The van der Waals surface area contributed by atoms with Gasteiger partial charge in [0.05, 0.1) is 40.0 Å². The van der Waals surface area contributed by atoms with Crippen LogP contribution >= 0.6 is 0 Å². The molecule has 0 atom stereocenters. The van der Waals surface area contributed by atoms with Crippen molar-refractivity contribution in [3.05, 3.63) is 122 Å². The summed E-state index contributed by atoms with van der Waals surface area (Å²) in [5.74, 6) is -2.53. The predicted molar refractivity (Wildman–Crippen MR) is 131 cm³/mol. The second-order valence-corrected chi connectivity index (χ2v) is 8.18. The van der Waals surface area contributed by atoms with Crippen molar-refractivity contribution in [3.8, 4) is 30.3 Å². The number of nitriles is 5. The largest absolute Gasteiger partial charge is 0.206 e. The lowest BCUT2D eigenvalue weighted by atomic mass is 10.0. The van der Waals surface area contributed by atoms with Crippen LogP contribution in [0.2, 0.25) is 0 Å². The highest BCUT2D eigenvalue weighted by Gasteiger charge is 2.42. The zero-order chi connectivity index (χ0) is 27.6. The van der Waals surface area contributed by atoms with Crippen LogP contribution in [0.25, 0.3) is 16.7 Å². The zero-order valence-electron chi connectivity index (χ0n) is 19.6. The topological polar surface area (TPSA) is 119 Å². The molecule has 0 unspecified atom stereocenters. The van der Waals surface area contributed by atoms with Gasteiger partial charge < -0.3 is 0 Å². The third-order valence-corrected chi connectivity index (χ3v) is 5.90. The minimum absolute atomic E-state index is 0.00382. The van der Waals surface area contributed by atoms with Crippen LogP contribution in [-0.2, 0) is 0 Å². The maximum Gasteiger partial charge on any atom is 0.133 e. The van der Waals surface area contributed by atoms with Gasteiger partial charge in [0.15, 0.2) is 0 Å². The molecular formula is C30H12F3N5. The summed E-state index contributed by atoms with van der Waals surface area (Å²) in [6.45, 7) is 1.66. The quantitative estimate of drug-likeness (QED) is 0.386. The van der Waals surface area contributed by atoms with Crippen molar-refractivity contribution in [2.24, 2.45) is 0 Å². The maximum atomic E-state index is 14.9. The van der Waals surface area contributed by atoms with E-state index in [0.717, 1.165) is 12.1 Å². The van der Waals surface area contributed by atoms with Crippen molar-refractivity contribution < 1.29 is 13.2 Å². The van der Waals surface area contributed by atoms with E-state index < -0.39 is 17.5 Å². The monoisotopic (exact) mass is 499 g/mol. The summed E-state index contributed by atoms with van der Waals surface area (Å²) in [7, 11) is 0. The van der Waals surface area contributed by atoms with Crippen molar-refractivity contribution in [2.75, 3.05) is 0 Å². The normalized spacial score (nSPS) is 14.2. The Bertz CT molecular complexity index is 1760. The summed E-state index contributed by atoms with van der Waals surface area (Å²) < 4.78 is 44.8. The highest BCUT2D eigenvalue weighted by Crippen LogP contribution is 2.56. The molecule has 178 valence electrons. The maximum absolute atomic E-state index is 14.9. The van der Waals surface area contributed by atoms with Gasteiger partial charge in [-0.2, -0.15) is 26.3 Å². The molecule has 0 amide bonds. The number of hydrogen-bond acceptors (Lipinski definition) is 5. The molecule has 0 aliphatic heterocycles. The van der Waals surface area contributed by atoms with E-state index in [-0.39, 0.29) is 61.3 Å². The smallest absolute Gasteiger partial charge is 0.133 e. The highest BCUT2D eigenvalue weighted by atomic mass is 19.1. The number of allylic oxidation sites excluding steroid dienone is 6. The standard InChI is InChI=1S/C30H12F3N5/c1-16-2-5-19(25(31)8-16)22(13-36)28-29(23(14-37)20-6-3-17(11-34)9-26(20)32)30(28)24(15-38)21-7-4-18(12-35)10-27(21)33/h2-10H,1H3. The molecule has 0 bridgehead atoms. The van der Waals surface area contributed by atoms with E-state index in [1.54, 1.807) is 25.1 Å². The molecule has 1 saturated carbocycles. The van der Waals surface area contributed by atoms with E-state index in [0.29, 0.717) is 5.56 Å². The van der Waals surface area contributed by atoms with Crippen LogP contribution in [0.3, 0.4) is 0 Å². The Kier molecular flexibility index (Phi) is 6.64. The molecule has 3 aromatic rings.